The second-order valence-corrected chi connectivity index (χ2v) is 13.0. The summed E-state index contributed by atoms with van der Waals surface area (Å²) in [5, 5.41) is 11.5. The third kappa shape index (κ3) is 7.40. The number of unbranched alkanes of at least 4 members (excludes halogenated alkanes) is 3. The van der Waals surface area contributed by atoms with E-state index in [0.717, 1.165) is 46.2 Å². The Morgan fingerprint density at radius 3 is 2.37 bits per heavy atom. The molecule has 5 heteroatoms. The summed E-state index contributed by atoms with van der Waals surface area (Å²) in [6.45, 7) is 14.7. The Hall–Kier alpha value is -2.81. The molecule has 0 aliphatic rings. The highest BCUT2D eigenvalue weighted by Crippen LogP contribution is 2.55. The zero-order chi connectivity index (χ0) is 27.9. The van der Waals surface area contributed by atoms with Crippen LogP contribution in [0.1, 0.15) is 82.1 Å². The number of hydrogen-bond donors (Lipinski definition) is 1. The quantitative estimate of drug-likeness (QED) is 0.175. The van der Waals surface area contributed by atoms with Crippen LogP contribution >= 0.6 is 7.60 Å². The van der Waals surface area contributed by atoms with E-state index in [4.69, 9.17) is 9.05 Å². The number of aromatic hydroxyl groups is 1. The van der Waals surface area contributed by atoms with Crippen molar-refractivity contribution < 1.29 is 18.7 Å². The van der Waals surface area contributed by atoms with Crippen LogP contribution < -0.4 is 4.52 Å². The monoisotopic (exact) mass is 534 g/mol. The standard InChI is InChI=1S/C33H43O4P/c1-8-9-10-14-19-33(5,6)27-21-30(34)32(29-20-25(4)17-18-28(29)24(2)3)31(22-27)37-38(35,36-7)23-26-15-12-11-13-16-26/h11-13,15-18,20-22,34H,2,8-10,14,19,23H2,1,3-7H3. The van der Waals surface area contributed by atoms with Crippen molar-refractivity contribution in [2.75, 3.05) is 7.11 Å². The van der Waals surface area contributed by atoms with Crippen LogP contribution in [-0.2, 0) is 20.7 Å². The minimum Gasteiger partial charge on any atom is -0.507 e. The summed E-state index contributed by atoms with van der Waals surface area (Å²) in [6, 6.07) is 19.3. The molecular formula is C33H43O4P. The molecule has 4 nitrogen and oxygen atoms in total. The summed E-state index contributed by atoms with van der Waals surface area (Å²) in [4.78, 5) is 0. The molecular weight excluding hydrogens is 491 g/mol. The Bertz CT molecular complexity index is 1290. The molecule has 0 amide bonds. The van der Waals surface area contributed by atoms with Gasteiger partial charge in [-0.15, -0.1) is 0 Å². The van der Waals surface area contributed by atoms with Gasteiger partial charge >= 0.3 is 7.60 Å². The second kappa shape index (κ2) is 12.8. The van der Waals surface area contributed by atoms with Gasteiger partial charge in [-0.25, -0.2) is 4.57 Å². The first-order valence-corrected chi connectivity index (χ1v) is 15.2. The lowest BCUT2D eigenvalue weighted by Crippen LogP contribution is -2.17. The van der Waals surface area contributed by atoms with E-state index < -0.39 is 7.60 Å². The van der Waals surface area contributed by atoms with Crippen LogP contribution in [0.2, 0.25) is 0 Å². The largest absolute Gasteiger partial charge is 0.507 e. The van der Waals surface area contributed by atoms with Crippen molar-refractivity contribution in [3.8, 4) is 22.6 Å². The van der Waals surface area contributed by atoms with Gasteiger partial charge in [0.2, 0.25) is 0 Å². The van der Waals surface area contributed by atoms with E-state index in [2.05, 4.69) is 27.4 Å². The normalized spacial score (nSPS) is 13.2. The van der Waals surface area contributed by atoms with Crippen LogP contribution in [0.15, 0.2) is 67.2 Å². The van der Waals surface area contributed by atoms with Crippen LogP contribution in [0.5, 0.6) is 11.5 Å². The van der Waals surface area contributed by atoms with E-state index in [9.17, 15) is 9.67 Å². The van der Waals surface area contributed by atoms with Crippen molar-refractivity contribution in [1.29, 1.82) is 0 Å². The number of phenolic OH excluding ortho intramolecular Hbond substituents is 1. The first-order valence-electron chi connectivity index (χ1n) is 13.5. The van der Waals surface area contributed by atoms with Gasteiger partial charge in [-0.2, -0.15) is 0 Å². The van der Waals surface area contributed by atoms with Crippen LogP contribution in [0.4, 0.5) is 0 Å². The zero-order valence-corrected chi connectivity index (χ0v) is 24.7. The number of phenols is 1. The predicted octanol–water partition coefficient (Wildman–Crippen LogP) is 10.1. The molecule has 0 saturated carbocycles. The number of rotatable bonds is 13. The summed E-state index contributed by atoms with van der Waals surface area (Å²) in [7, 11) is -2.18. The van der Waals surface area contributed by atoms with E-state index in [-0.39, 0.29) is 17.3 Å². The van der Waals surface area contributed by atoms with Crippen LogP contribution in [0.25, 0.3) is 16.7 Å². The molecule has 0 aliphatic carbocycles. The molecule has 3 aromatic rings. The lowest BCUT2D eigenvalue weighted by Gasteiger charge is -2.28. The minimum atomic E-state index is -3.60. The fourth-order valence-corrected chi connectivity index (χ4v) is 6.17. The van der Waals surface area contributed by atoms with Gasteiger partial charge in [-0.1, -0.05) is 113 Å². The molecule has 0 aromatic heterocycles. The summed E-state index contributed by atoms with van der Waals surface area (Å²) >= 11 is 0. The topological polar surface area (TPSA) is 55.8 Å². The number of benzene rings is 3. The predicted molar refractivity (Wildman–Crippen MR) is 160 cm³/mol. The number of allylic oxidation sites excluding steroid dienone is 1. The van der Waals surface area contributed by atoms with Crippen LogP contribution in [-0.4, -0.2) is 12.2 Å². The lowest BCUT2D eigenvalue weighted by molar-refractivity contribution is 0.320. The molecule has 0 radical (unpaired) electrons. The average molecular weight is 535 g/mol. The molecule has 1 unspecified atom stereocenters. The van der Waals surface area contributed by atoms with E-state index in [0.29, 0.717) is 11.3 Å². The van der Waals surface area contributed by atoms with Gasteiger partial charge in [0.1, 0.15) is 11.5 Å². The Morgan fingerprint density at radius 2 is 1.74 bits per heavy atom. The molecule has 0 fully saturated rings. The molecule has 1 N–H and O–H groups in total. The van der Waals surface area contributed by atoms with Crippen LogP contribution in [0.3, 0.4) is 0 Å². The van der Waals surface area contributed by atoms with Gasteiger partial charge in [-0.3, -0.25) is 0 Å². The van der Waals surface area contributed by atoms with Gasteiger partial charge < -0.3 is 14.2 Å². The van der Waals surface area contributed by atoms with E-state index >= 15 is 0 Å². The molecule has 0 aliphatic heterocycles. The molecule has 38 heavy (non-hydrogen) atoms. The first kappa shape index (κ1) is 29.7. The van der Waals surface area contributed by atoms with Gasteiger partial charge in [0.05, 0.1) is 11.7 Å². The van der Waals surface area contributed by atoms with Gasteiger partial charge in [-0.05, 0) is 60.1 Å². The third-order valence-corrected chi connectivity index (χ3v) is 8.94. The molecule has 3 aromatic carbocycles. The minimum absolute atomic E-state index is 0.0922. The molecule has 204 valence electrons. The summed E-state index contributed by atoms with van der Waals surface area (Å²) < 4.78 is 25.8. The Kier molecular flexibility index (Phi) is 10.0. The zero-order valence-electron chi connectivity index (χ0n) is 23.8. The van der Waals surface area contributed by atoms with Crippen molar-refractivity contribution in [3.05, 3.63) is 89.5 Å². The molecule has 0 heterocycles. The van der Waals surface area contributed by atoms with Crippen molar-refractivity contribution in [2.24, 2.45) is 0 Å². The molecule has 0 saturated heterocycles. The maximum absolute atomic E-state index is 14.0. The van der Waals surface area contributed by atoms with Crippen molar-refractivity contribution in [3.63, 3.8) is 0 Å². The van der Waals surface area contributed by atoms with E-state index in [1.807, 2.05) is 74.5 Å². The summed E-state index contributed by atoms with van der Waals surface area (Å²) in [6.07, 6.45) is 5.76. The van der Waals surface area contributed by atoms with Gasteiger partial charge in [0.25, 0.3) is 0 Å². The second-order valence-electron chi connectivity index (χ2n) is 10.9. The van der Waals surface area contributed by atoms with Crippen molar-refractivity contribution >= 4 is 13.2 Å². The summed E-state index contributed by atoms with van der Waals surface area (Å²) in [5.41, 5.74) is 5.69. The Balaban J connectivity index is 2.17. The Morgan fingerprint density at radius 1 is 1.03 bits per heavy atom. The maximum atomic E-state index is 14.0. The first-order chi connectivity index (χ1) is 18.0. The smallest absolute Gasteiger partial charge is 0.383 e. The van der Waals surface area contributed by atoms with Crippen molar-refractivity contribution in [1.82, 2.24) is 0 Å². The highest BCUT2D eigenvalue weighted by molar-refractivity contribution is 7.53. The van der Waals surface area contributed by atoms with Crippen molar-refractivity contribution in [2.45, 2.75) is 78.3 Å². The third-order valence-electron chi connectivity index (χ3n) is 7.16. The molecule has 1 atom stereocenters. The lowest BCUT2D eigenvalue weighted by atomic mass is 9.79. The molecule has 0 spiro atoms. The van der Waals surface area contributed by atoms with E-state index in [1.165, 1.54) is 26.4 Å². The highest BCUT2D eigenvalue weighted by Gasteiger charge is 2.31. The van der Waals surface area contributed by atoms with Gasteiger partial charge in [0, 0.05) is 7.11 Å². The molecule has 0 bridgehead atoms. The summed E-state index contributed by atoms with van der Waals surface area (Å²) in [5.74, 6) is 0.449. The highest BCUT2D eigenvalue weighted by atomic mass is 31.2. The fraction of sp³-hybridized carbons (Fsp3) is 0.394. The fourth-order valence-electron chi connectivity index (χ4n) is 4.80. The van der Waals surface area contributed by atoms with Crippen LogP contribution in [0, 0.1) is 6.92 Å². The van der Waals surface area contributed by atoms with Gasteiger partial charge in [0.15, 0.2) is 0 Å². The molecule has 3 rings (SSSR count). The Labute approximate surface area is 229 Å². The number of aryl methyl sites for hydroxylation is 1. The number of hydrogen-bond acceptors (Lipinski definition) is 4. The van der Waals surface area contributed by atoms with E-state index in [1.54, 1.807) is 0 Å². The average Bonchev–Trinajstić information content (AvgIpc) is 2.86. The maximum Gasteiger partial charge on any atom is 0.383 e. The SMILES string of the molecule is C=C(C)c1ccc(C)cc1-c1c(O)cc(C(C)(C)CCCCCC)cc1OP(=O)(Cc1ccccc1)OC.